The molecule has 1 atom stereocenters. The molecule has 0 saturated carbocycles. The van der Waals surface area contributed by atoms with Crippen molar-refractivity contribution in [2.24, 2.45) is 0 Å². The lowest BCUT2D eigenvalue weighted by molar-refractivity contribution is -0.115. The van der Waals surface area contributed by atoms with Gasteiger partial charge in [-0.05, 0) is 31.4 Å². The minimum atomic E-state index is -0.351. The van der Waals surface area contributed by atoms with Crippen molar-refractivity contribution in [3.05, 3.63) is 28.4 Å². The summed E-state index contributed by atoms with van der Waals surface area (Å²) in [5.74, 6) is 0.106. The highest BCUT2D eigenvalue weighted by Gasteiger charge is 2.22. The van der Waals surface area contributed by atoms with Crippen LogP contribution in [-0.4, -0.2) is 26.3 Å². The van der Waals surface area contributed by atoms with Crippen LogP contribution in [0.4, 0.5) is 5.13 Å². The first kappa shape index (κ1) is 18.4. The van der Waals surface area contributed by atoms with Gasteiger partial charge in [0.25, 0.3) is 0 Å². The van der Waals surface area contributed by atoms with Crippen molar-refractivity contribution < 1.29 is 4.79 Å². The summed E-state index contributed by atoms with van der Waals surface area (Å²) in [7, 11) is 0. The van der Waals surface area contributed by atoms with Crippen molar-refractivity contribution in [1.82, 2.24) is 15.2 Å². The molecule has 2 aromatic heterocycles. The van der Waals surface area contributed by atoms with Crippen LogP contribution in [0.25, 0.3) is 0 Å². The Bertz CT molecular complexity index is 766. The number of thioether (sulfide) groups is 1. The highest BCUT2D eigenvalue weighted by molar-refractivity contribution is 8.00. The zero-order valence-corrected chi connectivity index (χ0v) is 15.7. The van der Waals surface area contributed by atoms with E-state index in [2.05, 4.69) is 26.6 Å². The largest absolute Gasteiger partial charge is 0.300 e. The van der Waals surface area contributed by atoms with E-state index in [9.17, 15) is 10.1 Å². The van der Waals surface area contributed by atoms with Gasteiger partial charge in [0.1, 0.15) is 16.1 Å². The van der Waals surface area contributed by atoms with Gasteiger partial charge in [0.05, 0.1) is 10.8 Å². The average molecular weight is 361 g/mol. The van der Waals surface area contributed by atoms with Crippen molar-refractivity contribution in [2.45, 2.75) is 50.3 Å². The van der Waals surface area contributed by atoms with E-state index in [1.165, 1.54) is 23.1 Å². The maximum absolute atomic E-state index is 12.5. The number of hydrogen-bond acceptors (Lipinski definition) is 7. The van der Waals surface area contributed by atoms with Gasteiger partial charge in [0, 0.05) is 5.69 Å². The zero-order chi connectivity index (χ0) is 17.7. The summed E-state index contributed by atoms with van der Waals surface area (Å²) in [5.41, 5.74) is 1.40. The molecule has 8 heteroatoms. The number of amides is 1. The van der Waals surface area contributed by atoms with Crippen molar-refractivity contribution in [1.29, 1.82) is 5.26 Å². The van der Waals surface area contributed by atoms with E-state index < -0.39 is 0 Å². The van der Waals surface area contributed by atoms with Crippen LogP contribution in [-0.2, 0) is 4.79 Å². The molecule has 1 unspecified atom stereocenters. The molecule has 0 bridgehead atoms. The Hall–Kier alpha value is -1.98. The first-order valence-electron chi connectivity index (χ1n) is 7.63. The second-order valence-corrected chi connectivity index (χ2v) is 7.86. The summed E-state index contributed by atoms with van der Waals surface area (Å²) in [5, 5.41) is 21.4. The predicted molar refractivity (Wildman–Crippen MR) is 96.3 cm³/mol. The maximum Gasteiger partial charge on any atom is 0.239 e. The van der Waals surface area contributed by atoms with Gasteiger partial charge in [-0.2, -0.15) is 5.26 Å². The molecule has 6 nitrogen and oxygen atoms in total. The number of aryl methyl sites for hydroxylation is 1. The third kappa shape index (κ3) is 4.52. The number of rotatable bonds is 6. The van der Waals surface area contributed by atoms with Gasteiger partial charge in [-0.25, -0.2) is 4.98 Å². The fraction of sp³-hybridized carbons (Fsp3) is 0.438. The van der Waals surface area contributed by atoms with Crippen LogP contribution in [0.1, 0.15) is 49.4 Å². The molecule has 1 amide bonds. The Kier molecular flexibility index (Phi) is 6.29. The van der Waals surface area contributed by atoms with Crippen LogP contribution >= 0.6 is 23.1 Å². The van der Waals surface area contributed by atoms with E-state index in [1.807, 2.05) is 33.8 Å². The van der Waals surface area contributed by atoms with Gasteiger partial charge >= 0.3 is 0 Å². The summed E-state index contributed by atoms with van der Waals surface area (Å²) >= 11 is 2.65. The third-order valence-electron chi connectivity index (χ3n) is 3.27. The number of carbonyl (C=O) groups excluding carboxylic acids is 1. The van der Waals surface area contributed by atoms with Gasteiger partial charge < -0.3 is 0 Å². The highest BCUT2D eigenvalue weighted by Crippen LogP contribution is 2.29. The molecular formula is C16H19N5OS2. The van der Waals surface area contributed by atoms with Crippen LogP contribution in [0.3, 0.4) is 0 Å². The Labute approximate surface area is 149 Å². The van der Waals surface area contributed by atoms with E-state index in [-0.39, 0.29) is 17.1 Å². The van der Waals surface area contributed by atoms with Crippen molar-refractivity contribution in [3.63, 3.8) is 0 Å². The van der Waals surface area contributed by atoms with Crippen molar-refractivity contribution in [3.8, 4) is 6.07 Å². The minimum Gasteiger partial charge on any atom is -0.300 e. The number of hydrogen-bond donors (Lipinski definition) is 1. The molecule has 0 aromatic carbocycles. The van der Waals surface area contributed by atoms with Crippen LogP contribution in [0, 0.1) is 18.3 Å². The van der Waals surface area contributed by atoms with Crippen LogP contribution in [0.15, 0.2) is 17.2 Å². The smallest absolute Gasteiger partial charge is 0.239 e. The topological polar surface area (TPSA) is 91.6 Å². The maximum atomic E-state index is 12.5. The molecule has 0 saturated heterocycles. The normalized spacial score (nSPS) is 12.0. The predicted octanol–water partition coefficient (Wildman–Crippen LogP) is 3.75. The van der Waals surface area contributed by atoms with Crippen LogP contribution in [0.2, 0.25) is 0 Å². The van der Waals surface area contributed by atoms with Crippen LogP contribution in [0.5, 0.6) is 0 Å². The number of nitrogens with one attached hydrogen (secondary N) is 1. The molecule has 0 radical (unpaired) electrons. The van der Waals surface area contributed by atoms with E-state index in [1.54, 1.807) is 6.07 Å². The summed E-state index contributed by atoms with van der Waals surface area (Å²) in [6.45, 7) is 7.86. The van der Waals surface area contributed by atoms with Gasteiger partial charge in [0.15, 0.2) is 0 Å². The third-order valence-corrected chi connectivity index (χ3v) is 5.39. The number of anilines is 1. The fourth-order valence-electron chi connectivity index (χ4n) is 1.94. The fourth-order valence-corrected chi connectivity index (χ4v) is 3.54. The van der Waals surface area contributed by atoms with E-state index in [0.717, 1.165) is 10.7 Å². The van der Waals surface area contributed by atoms with Gasteiger partial charge in [0.2, 0.25) is 11.0 Å². The van der Waals surface area contributed by atoms with Crippen LogP contribution < -0.4 is 5.32 Å². The lowest BCUT2D eigenvalue weighted by Crippen LogP contribution is -2.24. The summed E-state index contributed by atoms with van der Waals surface area (Å²) in [4.78, 5) is 17.0. The number of aromatic nitrogens is 3. The Balaban J connectivity index is 2.18. The molecular weight excluding hydrogens is 342 g/mol. The molecule has 2 heterocycles. The summed E-state index contributed by atoms with van der Waals surface area (Å²) in [6, 6.07) is 5.77. The molecule has 0 aliphatic heterocycles. The molecule has 0 aliphatic rings. The first-order valence-corrected chi connectivity index (χ1v) is 9.32. The molecule has 0 aliphatic carbocycles. The Morgan fingerprint density at radius 2 is 2.17 bits per heavy atom. The average Bonchev–Trinajstić information content (AvgIpc) is 2.96. The van der Waals surface area contributed by atoms with Gasteiger partial charge in [-0.1, -0.05) is 43.9 Å². The summed E-state index contributed by atoms with van der Waals surface area (Å²) < 4.78 is 0. The molecule has 2 aromatic rings. The second kappa shape index (κ2) is 8.22. The number of carbonyl (C=O) groups is 1. The Morgan fingerprint density at radius 3 is 2.71 bits per heavy atom. The van der Waals surface area contributed by atoms with E-state index >= 15 is 0 Å². The second-order valence-electron chi connectivity index (χ2n) is 5.49. The minimum absolute atomic E-state index is 0.153. The van der Waals surface area contributed by atoms with Gasteiger partial charge in [-0.15, -0.1) is 10.2 Å². The molecule has 126 valence electrons. The van der Waals surface area contributed by atoms with Crippen molar-refractivity contribution in [2.75, 3.05) is 5.32 Å². The number of nitrogens with zero attached hydrogens (tertiary/aromatic N) is 4. The number of pyridine rings is 1. The first-order chi connectivity index (χ1) is 11.4. The zero-order valence-electron chi connectivity index (χ0n) is 14.0. The quantitative estimate of drug-likeness (QED) is 0.788. The number of nitriles is 1. The lowest BCUT2D eigenvalue weighted by atomic mass is 10.1. The molecule has 2 rings (SSSR count). The van der Waals surface area contributed by atoms with Crippen molar-refractivity contribution >= 4 is 34.1 Å². The molecule has 24 heavy (non-hydrogen) atoms. The van der Waals surface area contributed by atoms with E-state index in [4.69, 9.17) is 0 Å². The monoisotopic (exact) mass is 361 g/mol. The standard InChI is InChI=1S/C16H19N5OS2/c1-5-13(14(22)19-16-21-20-10(4)23-16)24-15-11(8-17)6-7-12(18-15)9(2)3/h6-7,9,13H,5H2,1-4H3,(H,19,21,22). The highest BCUT2D eigenvalue weighted by atomic mass is 32.2. The molecule has 0 spiro atoms. The molecule has 1 N–H and O–H groups in total. The van der Waals surface area contributed by atoms with Gasteiger partial charge in [-0.3, -0.25) is 10.1 Å². The SMILES string of the molecule is CCC(Sc1nc(C(C)C)ccc1C#N)C(=O)Nc1nnc(C)s1. The van der Waals surface area contributed by atoms with E-state index in [0.29, 0.717) is 22.1 Å². The lowest BCUT2D eigenvalue weighted by Gasteiger charge is -2.15. The molecule has 0 fully saturated rings. The summed E-state index contributed by atoms with van der Waals surface area (Å²) in [6.07, 6.45) is 0.618. The Morgan fingerprint density at radius 1 is 1.42 bits per heavy atom.